The molecule has 1 spiro atoms. The number of epoxide rings is 1. The summed E-state index contributed by atoms with van der Waals surface area (Å²) in [6.45, 7) is 14.7. The molecule has 0 aromatic heterocycles. The number of allylic oxidation sites excluding steroid dienone is 2. The van der Waals surface area contributed by atoms with Gasteiger partial charge in [-0.05, 0) is 89.4 Å². The van der Waals surface area contributed by atoms with Gasteiger partial charge in [0.2, 0.25) is 0 Å². The third kappa shape index (κ3) is 2.94. The Morgan fingerprint density at radius 3 is 2.51 bits per heavy atom. The molecule has 0 aromatic carbocycles. The average molecular weight is 543 g/mol. The van der Waals surface area contributed by atoms with Gasteiger partial charge in [-0.3, -0.25) is 9.59 Å². The Labute approximate surface area is 230 Å². The predicted molar refractivity (Wildman–Crippen MR) is 141 cm³/mol. The van der Waals surface area contributed by atoms with Gasteiger partial charge in [-0.1, -0.05) is 19.1 Å². The lowest BCUT2D eigenvalue weighted by Gasteiger charge is -2.63. The van der Waals surface area contributed by atoms with Crippen molar-refractivity contribution in [2.75, 3.05) is 0 Å². The van der Waals surface area contributed by atoms with E-state index >= 15 is 0 Å². The molecule has 0 radical (unpaired) electrons. The molecule has 0 amide bonds. The molecule has 3 N–H and O–H groups in total. The quantitative estimate of drug-likeness (QED) is 0.367. The van der Waals surface area contributed by atoms with Crippen molar-refractivity contribution in [3.8, 4) is 0 Å². The third-order valence-electron chi connectivity index (χ3n) is 12.5. The maximum absolute atomic E-state index is 13.6. The first-order valence-electron chi connectivity index (χ1n) is 14.3. The first kappa shape index (κ1) is 27.2. The zero-order chi connectivity index (χ0) is 28.6. The number of hydrogen-bond donors (Lipinski definition) is 3. The summed E-state index contributed by atoms with van der Waals surface area (Å²) in [7, 11) is 0. The minimum atomic E-state index is -1.67. The predicted octanol–water partition coefficient (Wildman–Crippen LogP) is 3.28. The molecule has 8 nitrogen and oxygen atoms in total. The summed E-state index contributed by atoms with van der Waals surface area (Å²) in [5.74, 6) is -0.606. The van der Waals surface area contributed by atoms with Gasteiger partial charge in [-0.2, -0.15) is 0 Å². The summed E-state index contributed by atoms with van der Waals surface area (Å²) < 4.78 is 18.0. The number of rotatable bonds is 3. The second kappa shape index (κ2) is 7.84. The smallest absolute Gasteiger partial charge is 0.303 e. The molecule has 3 unspecified atom stereocenters. The molecule has 8 heteroatoms. The van der Waals surface area contributed by atoms with Crippen molar-refractivity contribution in [2.24, 2.45) is 22.7 Å². The number of hydrogen-bond acceptors (Lipinski definition) is 8. The Morgan fingerprint density at radius 1 is 1.18 bits per heavy atom. The Balaban J connectivity index is 1.37. The van der Waals surface area contributed by atoms with Crippen LogP contribution in [0.5, 0.6) is 0 Å². The van der Waals surface area contributed by atoms with Crippen LogP contribution >= 0.6 is 0 Å². The van der Waals surface area contributed by atoms with Crippen LogP contribution in [0.1, 0.15) is 80.1 Å². The summed E-state index contributed by atoms with van der Waals surface area (Å²) in [6.07, 6.45) is 3.78. The van der Waals surface area contributed by atoms with Crippen LogP contribution in [0.3, 0.4) is 0 Å². The number of carbonyl (C=O) groups excluding carboxylic acids is 2. The maximum atomic E-state index is 13.6. The third-order valence-corrected chi connectivity index (χ3v) is 12.5. The number of aliphatic hydroxyl groups is 3. The zero-order valence-corrected chi connectivity index (χ0v) is 23.9. The molecule has 214 valence electrons. The molecule has 4 aliphatic carbocycles. The number of fused-ring (bicyclic) bond motifs is 4. The largest absolute Gasteiger partial charge is 0.487 e. The molecule has 0 aromatic rings. The van der Waals surface area contributed by atoms with Gasteiger partial charge in [0.1, 0.15) is 28.7 Å². The lowest BCUT2D eigenvalue weighted by Crippen LogP contribution is -2.73. The molecular weight excluding hydrogens is 500 g/mol. The van der Waals surface area contributed by atoms with E-state index < -0.39 is 51.4 Å². The van der Waals surface area contributed by atoms with E-state index in [0.29, 0.717) is 31.4 Å². The van der Waals surface area contributed by atoms with Gasteiger partial charge in [-0.25, -0.2) is 0 Å². The fourth-order valence-corrected chi connectivity index (χ4v) is 9.81. The van der Waals surface area contributed by atoms with Crippen LogP contribution < -0.4 is 0 Å². The van der Waals surface area contributed by atoms with Crippen LogP contribution in [0, 0.1) is 22.7 Å². The fraction of sp³-hybridized carbons (Fsp3) is 0.742. The SMILES string of the molecule is C=C1OC([C@](C)(O)[C@]2(O)CC[C@@]3(O)C4C[C@H]5O[C@]56[C@H](OC(C)=O)C=CC(=O)[C@]6(C)C4CC[C@]23C)CC(C)=C1C. The van der Waals surface area contributed by atoms with Gasteiger partial charge in [-0.15, -0.1) is 0 Å². The van der Waals surface area contributed by atoms with Crippen molar-refractivity contribution < 1.29 is 39.1 Å². The molecular formula is C31H42O8. The summed E-state index contributed by atoms with van der Waals surface area (Å²) in [4.78, 5) is 25.5. The molecule has 1 saturated heterocycles. The van der Waals surface area contributed by atoms with Crippen LogP contribution in [0.2, 0.25) is 0 Å². The Hall–Kier alpha value is -2.00. The zero-order valence-electron chi connectivity index (χ0n) is 23.9. The fourth-order valence-electron chi connectivity index (χ4n) is 9.81. The van der Waals surface area contributed by atoms with Crippen molar-refractivity contribution in [2.45, 2.75) is 121 Å². The lowest BCUT2D eigenvalue weighted by atomic mass is 9.42. The van der Waals surface area contributed by atoms with Crippen LogP contribution in [0.25, 0.3) is 0 Å². The minimum Gasteiger partial charge on any atom is -0.487 e. The molecule has 2 aliphatic heterocycles. The van der Waals surface area contributed by atoms with E-state index in [9.17, 15) is 24.9 Å². The van der Waals surface area contributed by atoms with Gasteiger partial charge in [0.25, 0.3) is 0 Å². The van der Waals surface area contributed by atoms with E-state index in [4.69, 9.17) is 14.2 Å². The number of ether oxygens (including phenoxy) is 3. The van der Waals surface area contributed by atoms with Crippen LogP contribution in [0.4, 0.5) is 0 Å². The average Bonchev–Trinajstić information content (AvgIpc) is 3.55. The lowest BCUT2D eigenvalue weighted by molar-refractivity contribution is -0.282. The first-order valence-corrected chi connectivity index (χ1v) is 14.3. The number of esters is 1. The van der Waals surface area contributed by atoms with Gasteiger partial charge in [0.15, 0.2) is 11.9 Å². The molecule has 2 heterocycles. The summed E-state index contributed by atoms with van der Waals surface area (Å²) in [5.41, 5.74) is -5.65. The molecule has 11 atom stereocenters. The van der Waals surface area contributed by atoms with Crippen molar-refractivity contribution in [3.63, 3.8) is 0 Å². The molecule has 6 aliphatic rings. The van der Waals surface area contributed by atoms with E-state index in [-0.39, 0.29) is 36.6 Å². The summed E-state index contributed by atoms with van der Waals surface area (Å²) >= 11 is 0. The summed E-state index contributed by atoms with van der Waals surface area (Å²) in [5, 5.41) is 37.2. The highest BCUT2D eigenvalue weighted by Crippen LogP contribution is 2.75. The highest BCUT2D eigenvalue weighted by atomic mass is 16.7. The normalized spacial score (nSPS) is 51.7. The van der Waals surface area contributed by atoms with E-state index in [0.717, 1.165) is 11.1 Å². The maximum Gasteiger partial charge on any atom is 0.303 e. The van der Waals surface area contributed by atoms with E-state index in [1.807, 2.05) is 27.7 Å². The molecule has 39 heavy (non-hydrogen) atoms. The van der Waals surface area contributed by atoms with Gasteiger partial charge in [0, 0.05) is 18.8 Å². The van der Waals surface area contributed by atoms with Crippen molar-refractivity contribution in [1.29, 1.82) is 0 Å². The van der Waals surface area contributed by atoms with Crippen LogP contribution in [-0.4, -0.2) is 67.8 Å². The van der Waals surface area contributed by atoms with Gasteiger partial charge >= 0.3 is 5.97 Å². The van der Waals surface area contributed by atoms with E-state index in [1.54, 1.807) is 13.0 Å². The van der Waals surface area contributed by atoms with E-state index in [2.05, 4.69) is 6.58 Å². The van der Waals surface area contributed by atoms with Gasteiger partial charge < -0.3 is 29.5 Å². The van der Waals surface area contributed by atoms with Crippen molar-refractivity contribution in [3.05, 3.63) is 35.6 Å². The van der Waals surface area contributed by atoms with Crippen LogP contribution in [0.15, 0.2) is 35.6 Å². The molecule has 0 bridgehead atoms. The number of carbonyl (C=O) groups is 2. The second-order valence-corrected chi connectivity index (χ2v) is 13.7. The molecule has 4 fully saturated rings. The monoisotopic (exact) mass is 542 g/mol. The molecule has 3 saturated carbocycles. The number of ketones is 1. The highest BCUT2D eigenvalue weighted by Gasteiger charge is 2.84. The van der Waals surface area contributed by atoms with Crippen molar-refractivity contribution in [1.82, 2.24) is 0 Å². The topological polar surface area (TPSA) is 126 Å². The van der Waals surface area contributed by atoms with Crippen LogP contribution in [-0.2, 0) is 23.8 Å². The van der Waals surface area contributed by atoms with E-state index in [1.165, 1.54) is 13.0 Å². The van der Waals surface area contributed by atoms with Crippen molar-refractivity contribution >= 4 is 11.8 Å². The Morgan fingerprint density at radius 2 is 1.87 bits per heavy atom. The standard InChI is InChI=1S/C31H42O8/c1-16-14-24(37-18(3)17(16)2)28(7,34)30(36)13-12-29(35)21-15-25-31(39-25)23(38-19(4)32)9-8-22(33)27(31,6)20(21)10-11-26(29,30)5/h8-9,20-21,23-25,34-36H,3,10-15H2,1-2,4-7H3/t20?,21?,23-,24?,25-,26+,27+,28+,29-,30+,31-/m1/s1. The summed E-state index contributed by atoms with van der Waals surface area (Å²) in [6, 6.07) is 0. The van der Waals surface area contributed by atoms with Gasteiger partial charge in [0.05, 0.1) is 17.1 Å². The first-order chi connectivity index (χ1) is 18.0. The Bertz CT molecular complexity index is 1230. The highest BCUT2D eigenvalue weighted by molar-refractivity contribution is 5.98. The second-order valence-electron chi connectivity index (χ2n) is 13.7. The molecule has 6 rings (SSSR count). The Kier molecular flexibility index (Phi) is 5.46. The minimum absolute atomic E-state index is 0.0812.